The molecule has 3 nitrogen and oxygen atoms in total. The van der Waals surface area contributed by atoms with Gasteiger partial charge in [-0.25, -0.2) is 4.99 Å². The number of aryl methyl sites for hydroxylation is 1. The molecule has 0 heterocycles. The summed E-state index contributed by atoms with van der Waals surface area (Å²) in [6.45, 7) is 8.37. The van der Waals surface area contributed by atoms with Crippen molar-refractivity contribution in [2.75, 3.05) is 18.0 Å². The highest BCUT2D eigenvalue weighted by Gasteiger charge is 2.05. The molecule has 0 aliphatic heterocycles. The first-order valence-corrected chi connectivity index (χ1v) is 6.98. The van der Waals surface area contributed by atoms with Gasteiger partial charge < -0.3 is 4.90 Å². The van der Waals surface area contributed by atoms with Crippen molar-refractivity contribution in [3.8, 4) is 0 Å². The lowest BCUT2D eigenvalue weighted by molar-refractivity contribution is -0.110. The Hall–Kier alpha value is -2.16. The number of rotatable bonds is 4. The highest BCUT2D eigenvalue weighted by Crippen LogP contribution is 2.25. The average Bonchev–Trinajstić information content (AvgIpc) is 2.45. The highest BCUT2D eigenvalue weighted by atomic mass is 16.1. The SMILES string of the molecule is CCN(CC)c1ccc(N=C2C=CC(=O)C=C2)c(C)c1. The van der Waals surface area contributed by atoms with Crippen LogP contribution < -0.4 is 4.90 Å². The van der Waals surface area contributed by atoms with Crippen molar-refractivity contribution in [1.82, 2.24) is 0 Å². The molecule has 0 bridgehead atoms. The largest absolute Gasteiger partial charge is 0.372 e. The maximum absolute atomic E-state index is 11.1. The van der Waals surface area contributed by atoms with E-state index in [1.54, 1.807) is 24.3 Å². The van der Waals surface area contributed by atoms with Crippen LogP contribution in [0.25, 0.3) is 0 Å². The third kappa shape index (κ3) is 3.23. The van der Waals surface area contributed by atoms with Crippen molar-refractivity contribution in [2.45, 2.75) is 20.8 Å². The first-order valence-electron chi connectivity index (χ1n) is 6.98. The summed E-state index contributed by atoms with van der Waals surface area (Å²) in [5.74, 6) is 0.0116. The van der Waals surface area contributed by atoms with Crippen molar-refractivity contribution in [1.29, 1.82) is 0 Å². The lowest BCUT2D eigenvalue weighted by Crippen LogP contribution is -2.21. The maximum Gasteiger partial charge on any atom is 0.178 e. The van der Waals surface area contributed by atoms with Gasteiger partial charge in [0.05, 0.1) is 11.4 Å². The van der Waals surface area contributed by atoms with Crippen LogP contribution in [0.4, 0.5) is 11.4 Å². The fourth-order valence-corrected chi connectivity index (χ4v) is 2.21. The first kappa shape index (κ1) is 14.3. The molecule has 0 saturated carbocycles. The van der Waals surface area contributed by atoms with Gasteiger partial charge in [-0.15, -0.1) is 0 Å². The molecule has 2 rings (SSSR count). The van der Waals surface area contributed by atoms with Crippen LogP contribution in [-0.2, 0) is 4.79 Å². The summed E-state index contributed by atoms with van der Waals surface area (Å²) in [5, 5.41) is 0. The van der Waals surface area contributed by atoms with Crippen LogP contribution in [0.5, 0.6) is 0 Å². The number of hydrogen-bond donors (Lipinski definition) is 0. The summed E-state index contributed by atoms with van der Waals surface area (Å²) in [4.78, 5) is 18.0. The highest BCUT2D eigenvalue weighted by molar-refractivity contribution is 6.17. The monoisotopic (exact) mass is 268 g/mol. The Morgan fingerprint density at radius 1 is 1.05 bits per heavy atom. The molecule has 0 saturated heterocycles. The van der Waals surface area contributed by atoms with Gasteiger partial charge in [0, 0.05) is 18.8 Å². The van der Waals surface area contributed by atoms with Crippen molar-refractivity contribution >= 4 is 22.9 Å². The Kier molecular flexibility index (Phi) is 4.51. The topological polar surface area (TPSA) is 32.7 Å². The van der Waals surface area contributed by atoms with E-state index in [4.69, 9.17) is 0 Å². The molecule has 0 atom stereocenters. The number of benzene rings is 1. The first-order chi connectivity index (χ1) is 9.63. The molecule has 20 heavy (non-hydrogen) atoms. The number of aliphatic imine (C=N–C) groups is 1. The predicted molar refractivity (Wildman–Crippen MR) is 85.1 cm³/mol. The second-order valence-corrected chi connectivity index (χ2v) is 4.75. The fourth-order valence-electron chi connectivity index (χ4n) is 2.21. The molecular formula is C17H20N2O. The molecule has 104 valence electrons. The number of hydrogen-bond acceptors (Lipinski definition) is 3. The minimum Gasteiger partial charge on any atom is -0.372 e. The van der Waals surface area contributed by atoms with Crippen LogP contribution in [-0.4, -0.2) is 24.6 Å². The summed E-state index contributed by atoms with van der Waals surface area (Å²) < 4.78 is 0. The zero-order valence-corrected chi connectivity index (χ0v) is 12.3. The third-order valence-corrected chi connectivity index (χ3v) is 3.40. The molecule has 0 fully saturated rings. The zero-order chi connectivity index (χ0) is 14.5. The number of carbonyl (C=O) groups is 1. The molecule has 0 N–H and O–H groups in total. The average molecular weight is 268 g/mol. The molecule has 0 amide bonds. The van der Waals surface area contributed by atoms with Crippen LogP contribution in [0.15, 0.2) is 47.5 Å². The van der Waals surface area contributed by atoms with Gasteiger partial charge in [0.2, 0.25) is 0 Å². The van der Waals surface area contributed by atoms with Crippen molar-refractivity contribution in [3.05, 3.63) is 48.1 Å². The normalized spacial score (nSPS) is 13.8. The van der Waals surface area contributed by atoms with E-state index in [0.717, 1.165) is 30.1 Å². The summed E-state index contributed by atoms with van der Waals surface area (Å²) in [7, 11) is 0. The standard InChI is InChI=1S/C17H20N2O/c1-4-19(5-2)15-8-11-17(13(3)12-15)18-14-6-9-16(20)10-7-14/h6-12H,4-5H2,1-3H3. The van der Waals surface area contributed by atoms with Gasteiger partial charge in [-0.3, -0.25) is 4.79 Å². The quantitative estimate of drug-likeness (QED) is 0.781. The summed E-state index contributed by atoms with van der Waals surface area (Å²) in [6.07, 6.45) is 6.58. The number of allylic oxidation sites excluding steroid dienone is 4. The van der Waals surface area contributed by atoms with E-state index in [1.165, 1.54) is 5.69 Å². The van der Waals surface area contributed by atoms with E-state index in [0.29, 0.717) is 0 Å². The van der Waals surface area contributed by atoms with Gasteiger partial charge in [0.25, 0.3) is 0 Å². The van der Waals surface area contributed by atoms with Crippen molar-refractivity contribution < 1.29 is 4.79 Å². The number of nitrogens with zero attached hydrogens (tertiary/aromatic N) is 2. The fraction of sp³-hybridized carbons (Fsp3) is 0.294. The van der Waals surface area contributed by atoms with Crippen LogP contribution in [0.3, 0.4) is 0 Å². The molecule has 1 aromatic carbocycles. The maximum atomic E-state index is 11.1. The van der Waals surface area contributed by atoms with Crippen LogP contribution >= 0.6 is 0 Å². The minimum atomic E-state index is 0.0116. The van der Waals surface area contributed by atoms with Crippen molar-refractivity contribution in [2.24, 2.45) is 4.99 Å². The molecule has 0 spiro atoms. The van der Waals surface area contributed by atoms with Gasteiger partial charge >= 0.3 is 0 Å². The Bertz CT molecular complexity index is 575. The van der Waals surface area contributed by atoms with Crippen LogP contribution in [0.2, 0.25) is 0 Å². The number of carbonyl (C=O) groups excluding carboxylic acids is 1. The molecule has 3 heteroatoms. The van der Waals surface area contributed by atoms with Gasteiger partial charge in [-0.05, 0) is 68.8 Å². The number of ketones is 1. The number of anilines is 1. The Balaban J connectivity index is 2.27. The molecule has 1 aliphatic rings. The molecule has 0 radical (unpaired) electrons. The third-order valence-electron chi connectivity index (χ3n) is 3.40. The Morgan fingerprint density at radius 2 is 1.70 bits per heavy atom. The van der Waals surface area contributed by atoms with Gasteiger partial charge in [0.15, 0.2) is 5.78 Å². The van der Waals surface area contributed by atoms with Gasteiger partial charge in [0.1, 0.15) is 0 Å². The van der Waals surface area contributed by atoms with Crippen LogP contribution in [0.1, 0.15) is 19.4 Å². The van der Waals surface area contributed by atoms with Gasteiger partial charge in [-0.2, -0.15) is 0 Å². The van der Waals surface area contributed by atoms with Gasteiger partial charge in [-0.1, -0.05) is 0 Å². The molecular weight excluding hydrogens is 248 g/mol. The summed E-state index contributed by atoms with van der Waals surface area (Å²) in [6, 6.07) is 6.29. The molecule has 1 aliphatic carbocycles. The van der Waals surface area contributed by atoms with E-state index in [-0.39, 0.29) is 5.78 Å². The predicted octanol–water partition coefficient (Wildman–Crippen LogP) is 3.61. The lowest BCUT2D eigenvalue weighted by atomic mass is 10.1. The smallest absolute Gasteiger partial charge is 0.178 e. The van der Waals surface area contributed by atoms with Crippen LogP contribution in [0, 0.1) is 6.92 Å². The Morgan fingerprint density at radius 3 is 2.25 bits per heavy atom. The molecule has 1 aromatic rings. The molecule has 0 aromatic heterocycles. The van der Waals surface area contributed by atoms with Crippen molar-refractivity contribution in [3.63, 3.8) is 0 Å². The van der Waals surface area contributed by atoms with E-state index in [1.807, 2.05) is 6.07 Å². The summed E-state index contributed by atoms with van der Waals surface area (Å²) >= 11 is 0. The van der Waals surface area contributed by atoms with E-state index in [2.05, 4.69) is 42.8 Å². The lowest BCUT2D eigenvalue weighted by Gasteiger charge is -2.21. The second-order valence-electron chi connectivity index (χ2n) is 4.75. The minimum absolute atomic E-state index is 0.0116. The second kappa shape index (κ2) is 6.33. The van der Waals surface area contributed by atoms with E-state index < -0.39 is 0 Å². The van der Waals surface area contributed by atoms with E-state index in [9.17, 15) is 4.79 Å². The molecule has 0 unspecified atom stereocenters. The Labute approximate surface area is 120 Å². The summed E-state index contributed by atoms with van der Waals surface area (Å²) in [5.41, 5.74) is 4.12. The van der Waals surface area contributed by atoms with E-state index >= 15 is 0 Å². The zero-order valence-electron chi connectivity index (χ0n) is 12.3.